The second-order valence-corrected chi connectivity index (χ2v) is 5.53. The summed E-state index contributed by atoms with van der Waals surface area (Å²) >= 11 is 0. The number of aryl methyl sites for hydroxylation is 1. The topological polar surface area (TPSA) is 106 Å². The monoisotopic (exact) mass is 352 g/mol. The molecule has 132 valence electrons. The molecule has 0 aliphatic rings. The molecule has 8 nitrogen and oxygen atoms in total. The van der Waals surface area contributed by atoms with Crippen LogP contribution in [-0.2, 0) is 4.79 Å². The van der Waals surface area contributed by atoms with Crippen molar-refractivity contribution < 1.29 is 19.4 Å². The average Bonchev–Trinajstić information content (AvgIpc) is 3.15. The third kappa shape index (κ3) is 3.86. The molecular formula is C18H16N4O4. The minimum Gasteiger partial charge on any atom is -0.482 e. The van der Waals surface area contributed by atoms with E-state index in [0.717, 1.165) is 5.56 Å². The van der Waals surface area contributed by atoms with Crippen molar-refractivity contribution in [2.45, 2.75) is 6.92 Å². The second kappa shape index (κ2) is 7.47. The van der Waals surface area contributed by atoms with Crippen molar-refractivity contribution in [1.82, 2.24) is 14.8 Å². The van der Waals surface area contributed by atoms with Gasteiger partial charge < -0.3 is 15.2 Å². The molecule has 2 N–H and O–H groups in total. The smallest absolute Gasteiger partial charge is 0.337 e. The Morgan fingerprint density at radius 3 is 2.62 bits per heavy atom. The molecule has 1 amide bonds. The van der Waals surface area contributed by atoms with Gasteiger partial charge >= 0.3 is 5.97 Å². The number of hydrogen-bond acceptors (Lipinski definition) is 5. The standard InChI is InChI=1S/C18H16N4O4/c1-12-6-7-16(15(8-12)22-10-19-20-11-22)26-9-17(23)21-14-5-3-2-4-13(14)18(24)25/h2-8,10-11H,9H2,1H3,(H,21,23)(H,24,25). The zero-order valence-electron chi connectivity index (χ0n) is 13.9. The van der Waals surface area contributed by atoms with E-state index in [1.165, 1.54) is 24.8 Å². The summed E-state index contributed by atoms with van der Waals surface area (Å²) in [7, 11) is 0. The van der Waals surface area contributed by atoms with Crippen LogP contribution in [0.1, 0.15) is 15.9 Å². The molecule has 3 aromatic rings. The molecule has 0 unspecified atom stereocenters. The summed E-state index contributed by atoms with van der Waals surface area (Å²) in [4.78, 5) is 23.4. The van der Waals surface area contributed by atoms with Gasteiger partial charge in [0, 0.05) is 0 Å². The number of para-hydroxylation sites is 1. The predicted octanol–water partition coefficient (Wildman–Crippen LogP) is 2.29. The maximum absolute atomic E-state index is 12.2. The van der Waals surface area contributed by atoms with Crippen LogP contribution in [-0.4, -0.2) is 38.4 Å². The van der Waals surface area contributed by atoms with Gasteiger partial charge in [-0.05, 0) is 36.8 Å². The summed E-state index contributed by atoms with van der Waals surface area (Å²) < 4.78 is 7.29. The summed E-state index contributed by atoms with van der Waals surface area (Å²) in [6, 6.07) is 11.7. The molecule has 8 heteroatoms. The number of aromatic nitrogens is 3. The van der Waals surface area contributed by atoms with E-state index in [0.29, 0.717) is 11.4 Å². The Morgan fingerprint density at radius 1 is 1.15 bits per heavy atom. The van der Waals surface area contributed by atoms with Gasteiger partial charge in [0.25, 0.3) is 5.91 Å². The molecule has 2 aromatic carbocycles. The number of benzene rings is 2. The lowest BCUT2D eigenvalue weighted by molar-refractivity contribution is -0.118. The van der Waals surface area contributed by atoms with E-state index in [1.807, 2.05) is 19.1 Å². The Bertz CT molecular complexity index is 938. The molecular weight excluding hydrogens is 336 g/mol. The molecule has 26 heavy (non-hydrogen) atoms. The fraction of sp³-hybridized carbons (Fsp3) is 0.111. The van der Waals surface area contributed by atoms with Gasteiger partial charge in [-0.15, -0.1) is 10.2 Å². The molecule has 1 heterocycles. The van der Waals surface area contributed by atoms with Crippen LogP contribution in [0.4, 0.5) is 5.69 Å². The fourth-order valence-electron chi connectivity index (χ4n) is 2.38. The highest BCUT2D eigenvalue weighted by Gasteiger charge is 2.13. The minimum absolute atomic E-state index is 0.0152. The number of anilines is 1. The largest absolute Gasteiger partial charge is 0.482 e. The maximum atomic E-state index is 12.2. The Labute approximate surface area is 149 Å². The number of nitrogens with zero attached hydrogens (tertiary/aromatic N) is 3. The number of nitrogens with one attached hydrogen (secondary N) is 1. The highest BCUT2D eigenvalue weighted by atomic mass is 16.5. The Kier molecular flexibility index (Phi) is 4.93. The first-order chi connectivity index (χ1) is 12.5. The first kappa shape index (κ1) is 17.2. The fourth-order valence-corrected chi connectivity index (χ4v) is 2.38. The first-order valence-corrected chi connectivity index (χ1v) is 7.75. The molecule has 0 atom stereocenters. The first-order valence-electron chi connectivity index (χ1n) is 7.75. The van der Waals surface area contributed by atoms with Crippen molar-refractivity contribution in [2.75, 3.05) is 11.9 Å². The van der Waals surface area contributed by atoms with E-state index in [2.05, 4.69) is 15.5 Å². The van der Waals surface area contributed by atoms with E-state index in [4.69, 9.17) is 9.84 Å². The highest BCUT2D eigenvalue weighted by Crippen LogP contribution is 2.24. The number of amides is 1. The van der Waals surface area contributed by atoms with Crippen molar-refractivity contribution in [3.63, 3.8) is 0 Å². The van der Waals surface area contributed by atoms with Gasteiger partial charge in [0.15, 0.2) is 6.61 Å². The lowest BCUT2D eigenvalue weighted by atomic mass is 10.2. The summed E-state index contributed by atoms with van der Waals surface area (Å²) in [5.74, 6) is -1.10. The van der Waals surface area contributed by atoms with Crippen LogP contribution in [0.3, 0.4) is 0 Å². The van der Waals surface area contributed by atoms with Crippen molar-refractivity contribution in [3.05, 3.63) is 66.2 Å². The zero-order valence-corrected chi connectivity index (χ0v) is 13.9. The molecule has 0 saturated heterocycles. The molecule has 0 radical (unpaired) electrons. The molecule has 0 fully saturated rings. The van der Waals surface area contributed by atoms with Crippen LogP contribution in [0, 0.1) is 6.92 Å². The van der Waals surface area contributed by atoms with Crippen molar-refractivity contribution >= 4 is 17.6 Å². The minimum atomic E-state index is -1.12. The summed E-state index contributed by atoms with van der Waals surface area (Å²) in [5.41, 5.74) is 1.95. The number of carbonyl (C=O) groups is 2. The SMILES string of the molecule is Cc1ccc(OCC(=O)Nc2ccccc2C(=O)O)c(-n2cnnc2)c1. The number of aromatic carboxylic acids is 1. The zero-order chi connectivity index (χ0) is 18.5. The van der Waals surface area contributed by atoms with Crippen LogP contribution >= 0.6 is 0 Å². The highest BCUT2D eigenvalue weighted by molar-refractivity contribution is 6.00. The van der Waals surface area contributed by atoms with Crippen molar-refractivity contribution in [1.29, 1.82) is 0 Å². The number of rotatable bonds is 6. The third-order valence-electron chi connectivity index (χ3n) is 3.60. The number of carbonyl (C=O) groups excluding carboxylic acids is 1. The van der Waals surface area contributed by atoms with Gasteiger partial charge in [-0.3, -0.25) is 9.36 Å². The van der Waals surface area contributed by atoms with Crippen LogP contribution in [0.5, 0.6) is 5.75 Å². The maximum Gasteiger partial charge on any atom is 0.337 e. The van der Waals surface area contributed by atoms with Gasteiger partial charge in [-0.1, -0.05) is 18.2 Å². The summed E-state index contributed by atoms with van der Waals surface area (Å²) in [6.45, 7) is 1.67. The number of carboxylic acid groups (broad SMARTS) is 1. The summed E-state index contributed by atoms with van der Waals surface area (Å²) in [6.07, 6.45) is 3.07. The van der Waals surface area contributed by atoms with Gasteiger partial charge in [-0.2, -0.15) is 0 Å². The van der Waals surface area contributed by atoms with E-state index in [9.17, 15) is 9.59 Å². The number of hydrogen-bond donors (Lipinski definition) is 2. The van der Waals surface area contributed by atoms with E-state index in [1.54, 1.807) is 22.8 Å². The van der Waals surface area contributed by atoms with Crippen LogP contribution < -0.4 is 10.1 Å². The lowest BCUT2D eigenvalue weighted by Gasteiger charge is -2.13. The molecule has 0 bridgehead atoms. The lowest BCUT2D eigenvalue weighted by Crippen LogP contribution is -2.22. The molecule has 0 saturated carbocycles. The Morgan fingerprint density at radius 2 is 1.88 bits per heavy atom. The molecule has 3 rings (SSSR count). The molecule has 1 aromatic heterocycles. The normalized spacial score (nSPS) is 10.3. The van der Waals surface area contributed by atoms with E-state index in [-0.39, 0.29) is 17.9 Å². The quantitative estimate of drug-likeness (QED) is 0.705. The van der Waals surface area contributed by atoms with Crippen molar-refractivity contribution in [2.24, 2.45) is 0 Å². The van der Waals surface area contributed by atoms with Crippen molar-refractivity contribution in [3.8, 4) is 11.4 Å². The number of carboxylic acids is 1. The van der Waals surface area contributed by atoms with Gasteiger partial charge in [0.05, 0.1) is 16.9 Å². The molecule has 0 aliphatic carbocycles. The third-order valence-corrected chi connectivity index (χ3v) is 3.60. The number of ether oxygens (including phenoxy) is 1. The van der Waals surface area contributed by atoms with Gasteiger partial charge in [0.2, 0.25) is 0 Å². The van der Waals surface area contributed by atoms with Crippen LogP contribution in [0.15, 0.2) is 55.1 Å². The molecule has 0 spiro atoms. The average molecular weight is 352 g/mol. The van der Waals surface area contributed by atoms with E-state index >= 15 is 0 Å². The molecule has 0 aliphatic heterocycles. The summed E-state index contributed by atoms with van der Waals surface area (Å²) in [5, 5.41) is 19.2. The van der Waals surface area contributed by atoms with Gasteiger partial charge in [0.1, 0.15) is 18.4 Å². The second-order valence-electron chi connectivity index (χ2n) is 5.53. The van der Waals surface area contributed by atoms with Crippen LogP contribution in [0.25, 0.3) is 5.69 Å². The van der Waals surface area contributed by atoms with Gasteiger partial charge in [-0.25, -0.2) is 4.79 Å². The van der Waals surface area contributed by atoms with Crippen LogP contribution in [0.2, 0.25) is 0 Å². The van der Waals surface area contributed by atoms with E-state index < -0.39 is 11.9 Å². The Balaban J connectivity index is 1.72. The Hall–Kier alpha value is -3.68. The predicted molar refractivity (Wildman–Crippen MR) is 93.6 cm³/mol.